The molecule has 1 saturated heterocycles. The van der Waals surface area contributed by atoms with Crippen molar-refractivity contribution in [2.45, 2.75) is 30.5 Å². The van der Waals surface area contributed by atoms with Crippen LogP contribution >= 0.6 is 23.4 Å². The molecule has 2 aliphatic heterocycles. The molecule has 37 heavy (non-hydrogen) atoms. The van der Waals surface area contributed by atoms with Crippen molar-refractivity contribution in [2.75, 3.05) is 37.4 Å². The number of piperazine rings is 1. The van der Waals surface area contributed by atoms with Crippen LogP contribution in [0.3, 0.4) is 0 Å². The van der Waals surface area contributed by atoms with Gasteiger partial charge in [0.2, 0.25) is 5.91 Å². The van der Waals surface area contributed by atoms with E-state index in [1.807, 2.05) is 11.8 Å². The van der Waals surface area contributed by atoms with Gasteiger partial charge in [0.05, 0.1) is 23.2 Å². The number of aromatic nitrogens is 2. The topological polar surface area (TPSA) is 67.7 Å². The molecule has 2 aromatic carbocycles. The zero-order valence-corrected chi connectivity index (χ0v) is 21.9. The Kier molecular flexibility index (Phi) is 6.99. The monoisotopic (exact) mass is 546 g/mol. The van der Waals surface area contributed by atoms with E-state index in [0.717, 1.165) is 6.07 Å². The molecule has 3 aromatic rings. The number of ether oxygens (including phenoxy) is 1. The normalized spacial score (nSPS) is 19.7. The lowest BCUT2D eigenvalue weighted by Crippen LogP contribution is -2.54. The fourth-order valence-electron chi connectivity index (χ4n) is 5.01. The number of hydrogen-bond acceptors (Lipinski definition) is 6. The smallest absolute Gasteiger partial charge is 0.350 e. The van der Waals surface area contributed by atoms with Gasteiger partial charge in [0, 0.05) is 66.0 Å². The molecule has 0 radical (unpaired) electrons. The average Bonchev–Trinajstić information content (AvgIpc) is 3.07. The van der Waals surface area contributed by atoms with E-state index in [1.165, 1.54) is 30.0 Å². The lowest BCUT2D eigenvalue weighted by atomic mass is 10.0. The molecule has 1 amide bonds. The summed E-state index contributed by atoms with van der Waals surface area (Å²) in [6, 6.07) is 4.92. The van der Waals surface area contributed by atoms with Crippen LogP contribution in [0.5, 0.6) is 0 Å². The number of hydrogen-bond donors (Lipinski definition) is 0. The van der Waals surface area contributed by atoms with Crippen LogP contribution < -0.4 is 10.6 Å². The first kappa shape index (κ1) is 25.7. The van der Waals surface area contributed by atoms with Crippen LogP contribution in [0.1, 0.15) is 6.92 Å². The summed E-state index contributed by atoms with van der Waals surface area (Å²) >= 11 is 8.22. The van der Waals surface area contributed by atoms with E-state index in [1.54, 1.807) is 22.6 Å². The molecule has 11 heteroatoms. The number of carbonyl (C=O) groups excluding carboxylic acids is 1. The maximum atomic E-state index is 15.0. The zero-order valence-electron chi connectivity index (χ0n) is 20.3. The summed E-state index contributed by atoms with van der Waals surface area (Å²) in [5, 5.41) is 0.906. The Balaban J connectivity index is 1.75. The van der Waals surface area contributed by atoms with E-state index in [4.69, 9.17) is 16.3 Å². The third kappa shape index (κ3) is 4.51. The molecular formula is C26H25ClF2N4O3S. The molecule has 0 N–H and O–H groups in total. The molecular weight excluding hydrogens is 522 g/mol. The van der Waals surface area contributed by atoms with Crippen LogP contribution in [-0.2, 0) is 16.1 Å². The Hall–Kier alpha value is -2.95. The summed E-state index contributed by atoms with van der Waals surface area (Å²) in [7, 11) is 1.57. The molecule has 0 aliphatic carbocycles. The molecule has 0 bridgehead atoms. The quantitative estimate of drug-likeness (QED) is 0.454. The van der Waals surface area contributed by atoms with E-state index < -0.39 is 17.3 Å². The number of benzene rings is 2. The van der Waals surface area contributed by atoms with Gasteiger partial charge in [-0.1, -0.05) is 18.2 Å². The standard InChI is InChI=1S/C26H25ClF2N4O3S/c1-4-21(34)31-7-8-32(14(2)11-31)25-18-10-19(27)22(17-6-5-15(28)9-20(17)29)24-23(18)33(26(35)30-25)12-16(36-3)13-37-24/h4-6,9-10,14,16H,1,7-8,11-13H2,2-3H3/t14-,16+/m0/s1. The Morgan fingerprint density at radius 2 is 2.05 bits per heavy atom. The summed E-state index contributed by atoms with van der Waals surface area (Å²) < 4.78 is 35.8. The number of carbonyl (C=O) groups is 1. The maximum Gasteiger partial charge on any atom is 0.350 e. The van der Waals surface area contributed by atoms with Gasteiger partial charge < -0.3 is 14.5 Å². The Labute approximate surface area is 221 Å². The number of amides is 1. The van der Waals surface area contributed by atoms with Crippen LogP contribution in [0.15, 0.2) is 46.6 Å². The van der Waals surface area contributed by atoms with Gasteiger partial charge in [-0.25, -0.2) is 13.6 Å². The number of methoxy groups -OCH3 is 1. The molecule has 2 atom stereocenters. The van der Waals surface area contributed by atoms with Crippen molar-refractivity contribution in [1.29, 1.82) is 0 Å². The fourth-order valence-corrected chi connectivity index (χ4v) is 6.69. The average molecular weight is 547 g/mol. The molecule has 0 spiro atoms. The van der Waals surface area contributed by atoms with E-state index in [0.29, 0.717) is 52.6 Å². The van der Waals surface area contributed by atoms with Gasteiger partial charge in [0.15, 0.2) is 0 Å². The van der Waals surface area contributed by atoms with Gasteiger partial charge in [-0.15, -0.1) is 11.8 Å². The maximum absolute atomic E-state index is 15.0. The van der Waals surface area contributed by atoms with Crippen molar-refractivity contribution in [1.82, 2.24) is 14.5 Å². The van der Waals surface area contributed by atoms with Gasteiger partial charge in [0.25, 0.3) is 0 Å². The summed E-state index contributed by atoms with van der Waals surface area (Å²) in [4.78, 5) is 34.4. The molecule has 0 saturated carbocycles. The van der Waals surface area contributed by atoms with E-state index in [-0.39, 0.29) is 35.2 Å². The van der Waals surface area contributed by atoms with Crippen molar-refractivity contribution < 1.29 is 18.3 Å². The summed E-state index contributed by atoms with van der Waals surface area (Å²) in [6.45, 7) is 7.14. The number of thioether (sulfide) groups is 1. The van der Waals surface area contributed by atoms with Gasteiger partial charge in [-0.3, -0.25) is 9.36 Å². The second kappa shape index (κ2) is 10.1. The molecule has 1 aromatic heterocycles. The molecule has 3 heterocycles. The summed E-state index contributed by atoms with van der Waals surface area (Å²) in [5.41, 5.74) is 0.666. The second-order valence-corrected chi connectivity index (χ2v) is 10.5. The first-order valence-corrected chi connectivity index (χ1v) is 13.2. The first-order chi connectivity index (χ1) is 17.7. The number of nitrogens with zero attached hydrogens (tertiary/aromatic N) is 4. The van der Waals surface area contributed by atoms with Crippen molar-refractivity contribution in [3.8, 4) is 11.1 Å². The second-order valence-electron chi connectivity index (χ2n) is 9.11. The predicted octanol–water partition coefficient (Wildman–Crippen LogP) is 4.34. The largest absolute Gasteiger partial charge is 0.379 e. The molecule has 1 fully saturated rings. The van der Waals surface area contributed by atoms with E-state index in [9.17, 15) is 18.4 Å². The van der Waals surface area contributed by atoms with Gasteiger partial charge in [0.1, 0.15) is 17.5 Å². The predicted molar refractivity (Wildman–Crippen MR) is 141 cm³/mol. The van der Waals surface area contributed by atoms with Gasteiger partial charge >= 0.3 is 5.69 Å². The highest BCUT2D eigenvalue weighted by molar-refractivity contribution is 7.99. The molecule has 0 unspecified atom stereocenters. The SMILES string of the molecule is C=CC(=O)N1CCN(c2nc(=O)n3c4c(c(-c5ccc(F)cc5F)c(Cl)cc24)SC[C@H](OC)C3)[C@@H](C)C1. The van der Waals surface area contributed by atoms with Crippen molar-refractivity contribution in [2.24, 2.45) is 0 Å². The highest BCUT2D eigenvalue weighted by Crippen LogP contribution is 2.46. The first-order valence-electron chi connectivity index (χ1n) is 11.8. The molecule has 2 aliphatic rings. The van der Waals surface area contributed by atoms with Gasteiger partial charge in [-0.2, -0.15) is 4.98 Å². The minimum absolute atomic E-state index is 0.135. The van der Waals surface area contributed by atoms with Crippen LogP contribution in [0.4, 0.5) is 14.6 Å². The summed E-state index contributed by atoms with van der Waals surface area (Å²) in [5.74, 6) is -0.631. The van der Waals surface area contributed by atoms with Crippen molar-refractivity contribution in [3.63, 3.8) is 0 Å². The van der Waals surface area contributed by atoms with E-state index >= 15 is 0 Å². The third-order valence-electron chi connectivity index (χ3n) is 6.87. The Morgan fingerprint density at radius 3 is 2.73 bits per heavy atom. The lowest BCUT2D eigenvalue weighted by Gasteiger charge is -2.40. The van der Waals surface area contributed by atoms with Crippen LogP contribution in [0.2, 0.25) is 5.02 Å². The zero-order chi connectivity index (χ0) is 26.4. The minimum atomic E-state index is -0.745. The molecule has 194 valence electrons. The van der Waals surface area contributed by atoms with Crippen LogP contribution in [0, 0.1) is 11.6 Å². The molecule has 5 rings (SSSR count). The van der Waals surface area contributed by atoms with Crippen molar-refractivity contribution >= 4 is 46.0 Å². The van der Waals surface area contributed by atoms with Crippen molar-refractivity contribution in [3.05, 3.63) is 64.1 Å². The third-order valence-corrected chi connectivity index (χ3v) is 8.39. The highest BCUT2D eigenvalue weighted by Gasteiger charge is 2.32. The lowest BCUT2D eigenvalue weighted by molar-refractivity contribution is -0.126. The van der Waals surface area contributed by atoms with Crippen LogP contribution in [-0.4, -0.2) is 65.0 Å². The Morgan fingerprint density at radius 1 is 1.27 bits per heavy atom. The number of anilines is 1. The fraction of sp³-hybridized carbons (Fsp3) is 0.346. The van der Waals surface area contributed by atoms with Crippen LogP contribution in [0.25, 0.3) is 22.0 Å². The highest BCUT2D eigenvalue weighted by atomic mass is 35.5. The van der Waals surface area contributed by atoms with E-state index in [2.05, 4.69) is 11.6 Å². The Bertz CT molecular complexity index is 1480. The number of halogens is 3. The van der Waals surface area contributed by atoms with Gasteiger partial charge in [-0.05, 0) is 31.2 Å². The summed E-state index contributed by atoms with van der Waals surface area (Å²) in [6.07, 6.45) is 1.00. The minimum Gasteiger partial charge on any atom is -0.379 e. The molecule has 7 nitrogen and oxygen atoms in total. The number of rotatable bonds is 4.